The van der Waals surface area contributed by atoms with Crippen LogP contribution in [0, 0.1) is 13.8 Å². The van der Waals surface area contributed by atoms with Crippen LogP contribution >= 0.6 is 22.9 Å². The van der Waals surface area contributed by atoms with Crippen molar-refractivity contribution in [1.29, 1.82) is 0 Å². The average Bonchev–Trinajstić information content (AvgIpc) is 2.59. The van der Waals surface area contributed by atoms with Crippen LogP contribution in [0.3, 0.4) is 0 Å². The molecule has 0 aliphatic rings. The van der Waals surface area contributed by atoms with E-state index in [-0.39, 0.29) is 11.4 Å². The third kappa shape index (κ3) is 2.00. The van der Waals surface area contributed by atoms with Crippen LogP contribution in [-0.4, -0.2) is 9.55 Å². The predicted octanol–water partition coefficient (Wildman–Crippen LogP) is 3.22. The fourth-order valence-electron chi connectivity index (χ4n) is 1.93. The Hall–Kier alpha value is -0.870. The van der Waals surface area contributed by atoms with Gasteiger partial charge in [0.1, 0.15) is 10.7 Å². The number of alkyl halides is 1. The van der Waals surface area contributed by atoms with Crippen molar-refractivity contribution in [3.63, 3.8) is 0 Å². The summed E-state index contributed by atoms with van der Waals surface area (Å²) >= 11 is 7.44. The normalized spacial score (nSPS) is 11.3. The van der Waals surface area contributed by atoms with Gasteiger partial charge in [0, 0.05) is 11.4 Å². The lowest BCUT2D eigenvalue weighted by atomic mass is 10.2. The molecule has 0 saturated heterocycles. The number of hydrogen-bond donors (Lipinski definition) is 0. The molecule has 0 aromatic carbocycles. The number of fused-ring (bicyclic) bond motifs is 1. The van der Waals surface area contributed by atoms with E-state index >= 15 is 0 Å². The molecule has 92 valence electrons. The zero-order valence-corrected chi connectivity index (χ0v) is 11.8. The molecule has 3 nitrogen and oxygen atoms in total. The molecule has 17 heavy (non-hydrogen) atoms. The molecule has 0 amide bonds. The van der Waals surface area contributed by atoms with Crippen molar-refractivity contribution in [2.24, 2.45) is 0 Å². The Kier molecular flexibility index (Phi) is 3.54. The van der Waals surface area contributed by atoms with E-state index in [1.807, 2.05) is 20.8 Å². The number of nitrogens with zero attached hydrogens (tertiary/aromatic N) is 2. The summed E-state index contributed by atoms with van der Waals surface area (Å²) in [5.41, 5.74) is 1.10. The van der Waals surface area contributed by atoms with Gasteiger partial charge in [0.25, 0.3) is 5.56 Å². The van der Waals surface area contributed by atoms with E-state index < -0.39 is 0 Å². The molecule has 0 aliphatic heterocycles. The monoisotopic (exact) mass is 270 g/mol. The summed E-state index contributed by atoms with van der Waals surface area (Å²) < 4.78 is 1.70. The largest absolute Gasteiger partial charge is 0.295 e. The number of thiophene rings is 1. The predicted molar refractivity (Wildman–Crippen MR) is 73.2 cm³/mol. The average molecular weight is 271 g/mol. The Morgan fingerprint density at radius 1 is 1.41 bits per heavy atom. The molecule has 2 aromatic rings. The molecule has 0 fully saturated rings. The van der Waals surface area contributed by atoms with E-state index in [2.05, 4.69) is 4.98 Å². The topological polar surface area (TPSA) is 34.9 Å². The third-order valence-electron chi connectivity index (χ3n) is 2.93. The number of rotatable bonds is 3. The van der Waals surface area contributed by atoms with E-state index in [1.165, 1.54) is 0 Å². The van der Waals surface area contributed by atoms with Gasteiger partial charge < -0.3 is 0 Å². The number of aryl methyl sites for hydroxylation is 2. The molecule has 2 heterocycles. The van der Waals surface area contributed by atoms with Crippen LogP contribution in [0.25, 0.3) is 10.2 Å². The molecule has 2 aromatic heterocycles. The summed E-state index contributed by atoms with van der Waals surface area (Å²) in [5.74, 6) is 0.952. The summed E-state index contributed by atoms with van der Waals surface area (Å²) in [7, 11) is 0. The lowest BCUT2D eigenvalue weighted by Gasteiger charge is -2.09. The highest BCUT2D eigenvalue weighted by atomic mass is 35.5. The first kappa shape index (κ1) is 12.6. The number of halogens is 1. The Bertz CT molecular complexity index is 615. The van der Waals surface area contributed by atoms with Crippen molar-refractivity contribution in [2.45, 2.75) is 39.6 Å². The number of aromatic nitrogens is 2. The van der Waals surface area contributed by atoms with Crippen molar-refractivity contribution in [1.82, 2.24) is 9.55 Å². The third-order valence-corrected chi connectivity index (χ3v) is 4.27. The number of hydrogen-bond acceptors (Lipinski definition) is 3. The van der Waals surface area contributed by atoms with Crippen molar-refractivity contribution in [3.8, 4) is 0 Å². The first-order chi connectivity index (χ1) is 8.10. The van der Waals surface area contributed by atoms with Gasteiger partial charge in [0.15, 0.2) is 0 Å². The molecule has 0 radical (unpaired) electrons. The highest BCUT2D eigenvalue weighted by Gasteiger charge is 2.15. The standard InChI is InChI=1S/C12H15ClN2OS/c1-4-5-15-9(6-13)14-11-10(12(15)16)7(2)8(3)17-11/h4-6H2,1-3H3. The molecule has 0 bridgehead atoms. The van der Waals surface area contributed by atoms with Gasteiger partial charge in [-0.1, -0.05) is 6.92 Å². The van der Waals surface area contributed by atoms with Crippen LogP contribution in [0.15, 0.2) is 4.79 Å². The van der Waals surface area contributed by atoms with Gasteiger partial charge in [0.2, 0.25) is 0 Å². The highest BCUT2D eigenvalue weighted by molar-refractivity contribution is 7.18. The molecule has 5 heteroatoms. The maximum atomic E-state index is 12.4. The van der Waals surface area contributed by atoms with Gasteiger partial charge >= 0.3 is 0 Å². The summed E-state index contributed by atoms with van der Waals surface area (Å²) in [5, 5.41) is 0.759. The van der Waals surface area contributed by atoms with Gasteiger partial charge in [-0.2, -0.15) is 0 Å². The first-order valence-corrected chi connectivity index (χ1v) is 7.00. The molecule has 0 atom stereocenters. The molecule has 0 unspecified atom stereocenters. The second-order valence-electron chi connectivity index (χ2n) is 4.08. The van der Waals surface area contributed by atoms with E-state index in [1.54, 1.807) is 15.9 Å². The van der Waals surface area contributed by atoms with E-state index in [0.29, 0.717) is 12.4 Å². The fourth-order valence-corrected chi connectivity index (χ4v) is 3.17. The minimum atomic E-state index is 0.0503. The molecule has 0 aliphatic carbocycles. The van der Waals surface area contributed by atoms with Gasteiger partial charge in [-0.05, 0) is 25.8 Å². The summed E-state index contributed by atoms with van der Waals surface area (Å²) in [6.45, 7) is 6.72. The van der Waals surface area contributed by atoms with Crippen molar-refractivity contribution in [3.05, 3.63) is 26.6 Å². The minimum Gasteiger partial charge on any atom is -0.295 e. The summed E-state index contributed by atoms with van der Waals surface area (Å²) in [6, 6.07) is 0. The Balaban J connectivity index is 2.84. The maximum Gasteiger partial charge on any atom is 0.262 e. The highest BCUT2D eigenvalue weighted by Crippen LogP contribution is 2.26. The Labute approximate surface area is 109 Å². The lowest BCUT2D eigenvalue weighted by molar-refractivity contribution is 0.622. The lowest BCUT2D eigenvalue weighted by Crippen LogP contribution is -2.24. The van der Waals surface area contributed by atoms with Crippen LogP contribution in [0.1, 0.15) is 29.6 Å². The van der Waals surface area contributed by atoms with E-state index in [0.717, 1.165) is 27.1 Å². The second kappa shape index (κ2) is 4.78. The zero-order chi connectivity index (χ0) is 12.6. The molecule has 0 spiro atoms. The molecule has 2 rings (SSSR count). The molecular weight excluding hydrogens is 256 g/mol. The van der Waals surface area contributed by atoms with Gasteiger partial charge in [-0.15, -0.1) is 22.9 Å². The van der Waals surface area contributed by atoms with Crippen LogP contribution in [0.2, 0.25) is 0 Å². The second-order valence-corrected chi connectivity index (χ2v) is 5.55. The fraction of sp³-hybridized carbons (Fsp3) is 0.500. The first-order valence-electron chi connectivity index (χ1n) is 5.65. The molecular formula is C12H15ClN2OS. The van der Waals surface area contributed by atoms with E-state index in [9.17, 15) is 4.79 Å². The zero-order valence-electron chi connectivity index (χ0n) is 10.2. The SMILES string of the molecule is CCCn1c(CCl)nc2sc(C)c(C)c2c1=O. The van der Waals surface area contributed by atoms with Crippen LogP contribution in [0.5, 0.6) is 0 Å². The van der Waals surface area contributed by atoms with Crippen molar-refractivity contribution >= 4 is 33.2 Å². The molecule has 0 N–H and O–H groups in total. The van der Waals surface area contributed by atoms with Gasteiger partial charge in [0.05, 0.1) is 11.3 Å². The van der Waals surface area contributed by atoms with Gasteiger partial charge in [-0.3, -0.25) is 9.36 Å². The Morgan fingerprint density at radius 3 is 2.71 bits per heavy atom. The smallest absolute Gasteiger partial charge is 0.262 e. The van der Waals surface area contributed by atoms with Crippen molar-refractivity contribution in [2.75, 3.05) is 0 Å². The van der Waals surface area contributed by atoms with Crippen LogP contribution < -0.4 is 5.56 Å². The van der Waals surface area contributed by atoms with E-state index in [4.69, 9.17) is 11.6 Å². The summed E-state index contributed by atoms with van der Waals surface area (Å²) in [4.78, 5) is 18.9. The quantitative estimate of drug-likeness (QED) is 0.803. The Morgan fingerprint density at radius 2 is 2.12 bits per heavy atom. The minimum absolute atomic E-state index is 0.0503. The van der Waals surface area contributed by atoms with Crippen LogP contribution in [-0.2, 0) is 12.4 Å². The maximum absolute atomic E-state index is 12.4. The summed E-state index contributed by atoms with van der Waals surface area (Å²) in [6.07, 6.45) is 0.902. The van der Waals surface area contributed by atoms with Crippen LogP contribution in [0.4, 0.5) is 0 Å². The van der Waals surface area contributed by atoms with Gasteiger partial charge in [-0.25, -0.2) is 4.98 Å². The van der Waals surface area contributed by atoms with Crippen molar-refractivity contribution < 1.29 is 0 Å². The molecule has 0 saturated carbocycles.